The van der Waals surface area contributed by atoms with Crippen LogP contribution in [0.15, 0.2) is 285 Å². The maximum absolute atomic E-state index is 5.06. The first-order valence-corrected chi connectivity index (χ1v) is 29.8. The highest BCUT2D eigenvalue weighted by Crippen LogP contribution is 2.41. The zero-order valence-electron chi connectivity index (χ0n) is 47.6. The highest BCUT2D eigenvalue weighted by molar-refractivity contribution is 6.26. The molecule has 11 nitrogen and oxygen atoms in total. The fourth-order valence-electron chi connectivity index (χ4n) is 13.8. The van der Waals surface area contributed by atoms with Gasteiger partial charge in [-0.2, -0.15) is 0 Å². The average molecular weight is 1140 g/mol. The molecule has 0 aliphatic rings. The van der Waals surface area contributed by atoms with Crippen molar-refractivity contribution in [3.63, 3.8) is 0 Å². The lowest BCUT2D eigenvalue weighted by Gasteiger charge is -2.12. The summed E-state index contributed by atoms with van der Waals surface area (Å²) in [6, 6.07) is 96.3. The molecule has 11 heteroatoms. The molecule has 89 heavy (non-hydrogen) atoms. The summed E-state index contributed by atoms with van der Waals surface area (Å²) in [5.41, 5.74) is 18.1. The van der Waals surface area contributed by atoms with Gasteiger partial charge in [0.25, 0.3) is 0 Å². The van der Waals surface area contributed by atoms with Crippen molar-refractivity contribution in [3.05, 3.63) is 285 Å². The minimum Gasteiger partial charge on any atom is -0.309 e. The highest BCUT2D eigenvalue weighted by Gasteiger charge is 2.23. The molecule has 0 aliphatic carbocycles. The van der Waals surface area contributed by atoms with Gasteiger partial charge in [0.1, 0.15) is 0 Å². The maximum Gasteiger partial charge on any atom is 0.237 e. The average Bonchev–Trinajstić information content (AvgIpc) is 1.73. The van der Waals surface area contributed by atoms with Gasteiger partial charge in [0, 0.05) is 39.6 Å². The molecule has 0 radical (unpaired) electrons. The van der Waals surface area contributed by atoms with Crippen molar-refractivity contribution in [1.29, 1.82) is 0 Å². The summed E-state index contributed by atoms with van der Waals surface area (Å²) in [7, 11) is 0. The fraction of sp³-hybridized carbons (Fsp3) is 0. The summed E-state index contributed by atoms with van der Waals surface area (Å²) in [5, 5.41) is 12.1. The minimum atomic E-state index is 0.604. The van der Waals surface area contributed by atoms with E-state index in [1.807, 2.05) is 73.1 Å². The van der Waals surface area contributed by atoms with Gasteiger partial charge < -0.3 is 4.57 Å². The Morgan fingerprint density at radius 2 is 0.607 bits per heavy atom. The molecule has 7 aromatic heterocycles. The van der Waals surface area contributed by atoms with Gasteiger partial charge in [0.2, 0.25) is 23.5 Å². The number of rotatable bonds is 5. The molecule has 0 unspecified atom stereocenters. The molecule has 13 aromatic carbocycles. The van der Waals surface area contributed by atoms with Crippen molar-refractivity contribution in [3.8, 4) is 39.8 Å². The lowest BCUT2D eigenvalue weighted by molar-refractivity contribution is 0.983. The van der Waals surface area contributed by atoms with Crippen molar-refractivity contribution >= 4 is 132 Å². The lowest BCUT2D eigenvalue weighted by atomic mass is 9.92. The predicted molar refractivity (Wildman–Crippen MR) is 363 cm³/mol. The van der Waals surface area contributed by atoms with E-state index in [9.17, 15) is 0 Å². The quantitative estimate of drug-likeness (QED) is 0.159. The van der Waals surface area contributed by atoms with E-state index >= 15 is 0 Å². The van der Waals surface area contributed by atoms with Gasteiger partial charge in [-0.3, -0.25) is 8.80 Å². The van der Waals surface area contributed by atoms with Gasteiger partial charge in [0.15, 0.2) is 0 Å². The van der Waals surface area contributed by atoms with Crippen LogP contribution in [0, 0.1) is 0 Å². The van der Waals surface area contributed by atoms with Crippen LogP contribution in [0.2, 0.25) is 0 Å². The number of benzene rings is 13. The van der Waals surface area contributed by atoms with Crippen LogP contribution in [0.5, 0.6) is 0 Å². The number of nitrogens with zero attached hydrogens (tertiary/aromatic N) is 11. The molecular formula is C78H47N11. The van der Waals surface area contributed by atoms with E-state index in [-0.39, 0.29) is 0 Å². The minimum absolute atomic E-state index is 0.604. The molecule has 20 aromatic rings. The van der Waals surface area contributed by atoms with Crippen LogP contribution in [0.3, 0.4) is 0 Å². The number of para-hydroxylation sites is 8. The van der Waals surface area contributed by atoms with Crippen molar-refractivity contribution < 1.29 is 0 Å². The molecule has 0 amide bonds. The highest BCUT2D eigenvalue weighted by atomic mass is 15.3. The van der Waals surface area contributed by atoms with Crippen LogP contribution in [0.4, 0.5) is 0 Å². The van der Waals surface area contributed by atoms with Gasteiger partial charge >= 0.3 is 0 Å². The largest absolute Gasteiger partial charge is 0.309 e. The van der Waals surface area contributed by atoms with Crippen LogP contribution >= 0.6 is 0 Å². The third kappa shape index (κ3) is 7.46. The summed E-state index contributed by atoms with van der Waals surface area (Å²) in [6.45, 7) is 0. The molecule has 0 aliphatic heterocycles. The Bertz CT molecular complexity index is 6290. The monoisotopic (exact) mass is 1140 g/mol. The molecule has 20 rings (SSSR count). The summed E-state index contributed by atoms with van der Waals surface area (Å²) in [5.74, 6) is 2.80. The van der Waals surface area contributed by atoms with E-state index in [1.165, 1.54) is 59.7 Å². The zero-order valence-corrected chi connectivity index (χ0v) is 47.6. The summed E-state index contributed by atoms with van der Waals surface area (Å²) in [4.78, 5) is 29.6. The Morgan fingerprint density at radius 3 is 1.15 bits per heavy atom. The van der Waals surface area contributed by atoms with Gasteiger partial charge in [-0.05, 0) is 152 Å². The first kappa shape index (κ1) is 49.0. The zero-order chi connectivity index (χ0) is 58.3. The number of fused-ring (bicyclic) bond motifs is 21. The van der Waals surface area contributed by atoms with E-state index in [4.69, 9.17) is 29.9 Å². The standard InChI is InChI=1S/C39H24N6.C39H23N5/c1-2-11-28(12-3-1)43-33-16-8-5-13-29(33)30-22-25(18-20-34(30)43)26-19-21-36-37(23-26)44-35-17-9-7-15-32(35)42-39(44)45(36)38-40-24-27-10-4-6-14-31(27)41-38;1-6-14-33-26(9-1)23-40-38(41-33)44-36-20-18-25(22-37(36)43-35-16-8-7-15-34(35)42-39(43)44)24-17-19-31-29-12-3-2-10-27(29)28-11-4-5-13-30(28)32(31)21-24/h1-24H;1-23H. The summed E-state index contributed by atoms with van der Waals surface area (Å²) in [6.07, 6.45) is 3.78. The molecule has 0 saturated heterocycles. The summed E-state index contributed by atoms with van der Waals surface area (Å²) < 4.78 is 11.0. The molecule has 0 bridgehead atoms. The van der Waals surface area contributed by atoms with Crippen molar-refractivity contribution in [2.75, 3.05) is 0 Å². The van der Waals surface area contributed by atoms with Gasteiger partial charge in [-0.25, -0.2) is 39.0 Å². The van der Waals surface area contributed by atoms with Crippen LogP contribution in [-0.2, 0) is 0 Å². The van der Waals surface area contributed by atoms with E-state index in [1.54, 1.807) is 0 Å². The van der Waals surface area contributed by atoms with Crippen LogP contribution in [0.25, 0.3) is 171 Å². The van der Waals surface area contributed by atoms with E-state index in [0.717, 1.165) is 99.9 Å². The SMILES string of the molecule is c1ccc(-n2c3ccccc3c3cc(-c4ccc5c(c4)n4c6ccccc6nc4n5-c4ncc5ccccc5n4)ccc32)cc1.c1ccc2nc(-n3c4ccc(-c5ccc6c7ccccc7c7ccccc7c6c5)cc4n4c5ccccc5nc34)ncc2c1. The Kier molecular flexibility index (Phi) is 10.5. The number of aromatic nitrogens is 11. The second-order valence-electron chi connectivity index (χ2n) is 22.8. The number of hydrogen-bond donors (Lipinski definition) is 0. The lowest BCUT2D eigenvalue weighted by Crippen LogP contribution is -2.01. The van der Waals surface area contributed by atoms with E-state index < -0.39 is 0 Å². The predicted octanol–water partition coefficient (Wildman–Crippen LogP) is 18.6. The van der Waals surface area contributed by atoms with Crippen LogP contribution < -0.4 is 0 Å². The first-order chi connectivity index (χ1) is 44.1. The molecule has 0 spiro atoms. The number of imidazole rings is 4. The molecule has 0 N–H and O–H groups in total. The third-order valence-electron chi connectivity index (χ3n) is 17.9. The van der Waals surface area contributed by atoms with E-state index in [2.05, 4.69) is 235 Å². The van der Waals surface area contributed by atoms with Crippen molar-refractivity contribution in [1.82, 2.24) is 52.4 Å². The Balaban J connectivity index is 0.000000129. The second kappa shape index (κ2) is 19.1. The van der Waals surface area contributed by atoms with Gasteiger partial charge in [0.05, 0.1) is 66.2 Å². The first-order valence-electron chi connectivity index (χ1n) is 29.8. The molecule has 7 heterocycles. The molecule has 0 atom stereocenters. The molecular weight excluding hydrogens is 1090 g/mol. The molecule has 0 fully saturated rings. The van der Waals surface area contributed by atoms with Gasteiger partial charge in [-0.15, -0.1) is 0 Å². The van der Waals surface area contributed by atoms with Crippen LogP contribution in [-0.4, -0.2) is 52.4 Å². The second-order valence-corrected chi connectivity index (χ2v) is 22.8. The molecule has 0 saturated carbocycles. The maximum atomic E-state index is 5.06. The fourth-order valence-corrected chi connectivity index (χ4v) is 13.8. The van der Waals surface area contributed by atoms with Gasteiger partial charge in [-0.1, -0.05) is 176 Å². The van der Waals surface area contributed by atoms with Crippen molar-refractivity contribution in [2.45, 2.75) is 0 Å². The Hall–Kier alpha value is -12.3. The van der Waals surface area contributed by atoms with Crippen LogP contribution in [0.1, 0.15) is 0 Å². The smallest absolute Gasteiger partial charge is 0.237 e. The van der Waals surface area contributed by atoms with Crippen molar-refractivity contribution in [2.24, 2.45) is 0 Å². The topological polar surface area (TPSA) is 101 Å². The Labute approximate surface area is 506 Å². The number of hydrogen-bond acceptors (Lipinski definition) is 6. The Morgan fingerprint density at radius 1 is 0.225 bits per heavy atom. The normalized spacial score (nSPS) is 12.0. The summed E-state index contributed by atoms with van der Waals surface area (Å²) >= 11 is 0. The third-order valence-corrected chi connectivity index (χ3v) is 17.9. The molecule has 414 valence electrons. The van der Waals surface area contributed by atoms with E-state index in [0.29, 0.717) is 11.9 Å².